The Balaban J connectivity index is 1.52. The van der Waals surface area contributed by atoms with Gasteiger partial charge in [0.05, 0.1) is 11.9 Å². The zero-order valence-corrected chi connectivity index (χ0v) is 17.8. The maximum atomic E-state index is 14.1. The minimum Gasteiger partial charge on any atom is -0.375 e. The summed E-state index contributed by atoms with van der Waals surface area (Å²) in [4.78, 5) is 30.2. The molecule has 1 saturated heterocycles. The summed E-state index contributed by atoms with van der Waals surface area (Å²) in [6.07, 6.45) is 3.21. The van der Waals surface area contributed by atoms with E-state index in [0.717, 1.165) is 37.2 Å². The minimum absolute atomic E-state index is 0.0628. The van der Waals surface area contributed by atoms with Gasteiger partial charge in [-0.3, -0.25) is 14.7 Å². The Morgan fingerprint density at radius 3 is 2.58 bits per heavy atom. The molecule has 2 aromatic rings. The van der Waals surface area contributed by atoms with Crippen LogP contribution in [0.3, 0.4) is 0 Å². The molecule has 1 aromatic heterocycles. The summed E-state index contributed by atoms with van der Waals surface area (Å²) in [5.41, 5.74) is 2.56. The molecular formula is C22H28FN5O3. The van der Waals surface area contributed by atoms with Crippen LogP contribution in [0.4, 0.5) is 20.6 Å². The molecule has 1 aliphatic rings. The Morgan fingerprint density at radius 1 is 1.16 bits per heavy atom. The van der Waals surface area contributed by atoms with E-state index in [1.165, 1.54) is 19.2 Å². The molecule has 166 valence electrons. The smallest absolute Gasteiger partial charge is 0.323 e. The number of aromatic nitrogens is 1. The highest BCUT2D eigenvalue weighted by atomic mass is 19.1. The number of carbonyl (C=O) groups excluding carboxylic acids is 2. The van der Waals surface area contributed by atoms with Gasteiger partial charge in [-0.05, 0) is 55.7 Å². The van der Waals surface area contributed by atoms with Crippen LogP contribution < -0.4 is 16.0 Å². The van der Waals surface area contributed by atoms with E-state index in [-0.39, 0.29) is 18.6 Å². The lowest BCUT2D eigenvalue weighted by atomic mass is 10.0. The first kappa shape index (κ1) is 22.6. The van der Waals surface area contributed by atoms with Gasteiger partial charge >= 0.3 is 6.03 Å². The average molecular weight is 429 g/mol. The number of aryl methyl sites for hydroxylation is 1. The van der Waals surface area contributed by atoms with Crippen molar-refractivity contribution in [2.24, 2.45) is 0 Å². The van der Waals surface area contributed by atoms with Crippen molar-refractivity contribution in [2.45, 2.75) is 32.4 Å². The van der Waals surface area contributed by atoms with Gasteiger partial charge < -0.3 is 20.7 Å². The summed E-state index contributed by atoms with van der Waals surface area (Å²) >= 11 is 0. The number of amides is 3. The number of pyridine rings is 1. The summed E-state index contributed by atoms with van der Waals surface area (Å²) in [5, 5.41) is 8.30. The third-order valence-electron chi connectivity index (χ3n) is 5.02. The molecular weight excluding hydrogens is 401 g/mol. The highest BCUT2D eigenvalue weighted by Crippen LogP contribution is 2.19. The molecule has 0 unspecified atom stereocenters. The summed E-state index contributed by atoms with van der Waals surface area (Å²) in [6, 6.07) is 7.73. The minimum atomic E-state index is -0.463. The summed E-state index contributed by atoms with van der Waals surface area (Å²) < 4.78 is 19.0. The number of benzene rings is 1. The van der Waals surface area contributed by atoms with Gasteiger partial charge in [0.2, 0.25) is 5.91 Å². The molecule has 0 radical (unpaired) electrons. The molecule has 8 nitrogen and oxygen atoms in total. The number of likely N-dealkylation sites (tertiary alicyclic amines) is 1. The summed E-state index contributed by atoms with van der Waals surface area (Å²) in [6.45, 7) is 4.07. The number of ether oxygens (including phenoxy) is 1. The van der Waals surface area contributed by atoms with E-state index in [1.54, 1.807) is 24.4 Å². The van der Waals surface area contributed by atoms with Crippen LogP contribution in [0.1, 0.15) is 24.1 Å². The van der Waals surface area contributed by atoms with Gasteiger partial charge in [0.1, 0.15) is 12.4 Å². The van der Waals surface area contributed by atoms with Crippen LogP contribution in [0.2, 0.25) is 0 Å². The van der Waals surface area contributed by atoms with Crippen molar-refractivity contribution in [1.29, 1.82) is 0 Å². The van der Waals surface area contributed by atoms with E-state index >= 15 is 0 Å². The van der Waals surface area contributed by atoms with Crippen LogP contribution in [-0.2, 0) is 16.1 Å². The third-order valence-corrected chi connectivity index (χ3v) is 5.02. The van der Waals surface area contributed by atoms with Gasteiger partial charge in [-0.1, -0.05) is 0 Å². The average Bonchev–Trinajstić information content (AvgIpc) is 2.71. The second-order valence-corrected chi connectivity index (χ2v) is 7.67. The molecule has 3 amide bonds. The lowest BCUT2D eigenvalue weighted by Gasteiger charge is -2.32. The molecule has 1 aromatic carbocycles. The number of urea groups is 1. The van der Waals surface area contributed by atoms with Crippen LogP contribution >= 0.6 is 0 Å². The van der Waals surface area contributed by atoms with Crippen molar-refractivity contribution in [3.05, 3.63) is 53.6 Å². The van der Waals surface area contributed by atoms with Gasteiger partial charge in [0.25, 0.3) is 0 Å². The molecule has 0 spiro atoms. The second kappa shape index (κ2) is 10.8. The molecule has 0 atom stereocenters. The first-order valence-corrected chi connectivity index (χ1v) is 10.2. The number of hydrogen-bond donors (Lipinski definition) is 3. The van der Waals surface area contributed by atoms with Crippen LogP contribution in [0.5, 0.6) is 0 Å². The molecule has 0 bridgehead atoms. The van der Waals surface area contributed by atoms with E-state index in [2.05, 4.69) is 25.8 Å². The SMILES string of the molecule is COCC(=O)NC1CCN(Cc2cc(F)cc(NC(=O)Nc3ccc(C)nc3)c2)CC1. The fourth-order valence-corrected chi connectivity index (χ4v) is 3.54. The number of rotatable bonds is 7. The van der Waals surface area contributed by atoms with Gasteiger partial charge in [0, 0.05) is 44.2 Å². The zero-order valence-electron chi connectivity index (χ0n) is 17.8. The molecule has 1 fully saturated rings. The topological polar surface area (TPSA) is 95.6 Å². The maximum Gasteiger partial charge on any atom is 0.323 e. The van der Waals surface area contributed by atoms with Crippen molar-refractivity contribution in [1.82, 2.24) is 15.2 Å². The van der Waals surface area contributed by atoms with E-state index < -0.39 is 11.8 Å². The third kappa shape index (κ3) is 7.30. The lowest BCUT2D eigenvalue weighted by molar-refractivity contribution is -0.125. The van der Waals surface area contributed by atoms with Crippen LogP contribution in [-0.4, -0.2) is 54.7 Å². The predicted octanol–water partition coefficient (Wildman–Crippen LogP) is 2.90. The van der Waals surface area contributed by atoms with Crippen molar-refractivity contribution >= 4 is 23.3 Å². The Morgan fingerprint density at radius 2 is 1.90 bits per heavy atom. The fourth-order valence-electron chi connectivity index (χ4n) is 3.54. The summed E-state index contributed by atoms with van der Waals surface area (Å²) in [7, 11) is 1.49. The highest BCUT2D eigenvalue weighted by molar-refractivity contribution is 5.99. The number of halogens is 1. The van der Waals surface area contributed by atoms with Gasteiger partial charge in [-0.2, -0.15) is 0 Å². The summed E-state index contributed by atoms with van der Waals surface area (Å²) in [5.74, 6) is -0.520. The quantitative estimate of drug-likeness (QED) is 0.629. The van der Waals surface area contributed by atoms with Crippen LogP contribution in [0.25, 0.3) is 0 Å². The number of nitrogens with one attached hydrogen (secondary N) is 3. The first-order valence-electron chi connectivity index (χ1n) is 10.2. The predicted molar refractivity (Wildman–Crippen MR) is 116 cm³/mol. The number of methoxy groups -OCH3 is 1. The Kier molecular flexibility index (Phi) is 7.91. The number of hydrogen-bond acceptors (Lipinski definition) is 5. The first-order chi connectivity index (χ1) is 14.9. The van der Waals surface area contributed by atoms with Crippen molar-refractivity contribution in [2.75, 3.05) is 37.4 Å². The molecule has 0 aliphatic carbocycles. The standard InChI is InChI=1S/C22H28FN5O3/c1-15-3-4-19(12-24-15)26-22(30)27-20-10-16(9-17(23)11-20)13-28-7-5-18(6-8-28)25-21(29)14-31-2/h3-4,9-12,18H,5-8,13-14H2,1-2H3,(H,25,29)(H2,26,27,30). The van der Waals surface area contributed by atoms with E-state index in [4.69, 9.17) is 4.74 Å². The number of nitrogens with zero attached hydrogens (tertiary/aromatic N) is 2. The number of anilines is 2. The van der Waals surface area contributed by atoms with E-state index in [1.807, 2.05) is 6.92 Å². The second-order valence-electron chi connectivity index (χ2n) is 7.67. The molecule has 2 heterocycles. The van der Waals surface area contributed by atoms with E-state index in [0.29, 0.717) is 17.9 Å². The van der Waals surface area contributed by atoms with Gasteiger partial charge in [0.15, 0.2) is 0 Å². The molecule has 31 heavy (non-hydrogen) atoms. The largest absolute Gasteiger partial charge is 0.375 e. The molecule has 3 N–H and O–H groups in total. The van der Waals surface area contributed by atoms with Gasteiger partial charge in [-0.25, -0.2) is 9.18 Å². The number of carbonyl (C=O) groups is 2. The zero-order chi connectivity index (χ0) is 22.2. The van der Waals surface area contributed by atoms with Gasteiger partial charge in [-0.15, -0.1) is 0 Å². The fraction of sp³-hybridized carbons (Fsp3) is 0.409. The Labute approximate surface area is 181 Å². The van der Waals surface area contributed by atoms with Crippen molar-refractivity contribution in [3.8, 4) is 0 Å². The molecule has 3 rings (SSSR count). The van der Waals surface area contributed by atoms with Crippen LogP contribution in [0, 0.1) is 12.7 Å². The van der Waals surface area contributed by atoms with Crippen molar-refractivity contribution < 1.29 is 18.7 Å². The molecule has 1 aliphatic heterocycles. The van der Waals surface area contributed by atoms with Crippen LogP contribution in [0.15, 0.2) is 36.5 Å². The lowest BCUT2D eigenvalue weighted by Crippen LogP contribution is -2.45. The van der Waals surface area contributed by atoms with Crippen molar-refractivity contribution in [3.63, 3.8) is 0 Å². The monoisotopic (exact) mass is 429 g/mol. The Hall–Kier alpha value is -3.04. The molecule has 0 saturated carbocycles. The maximum absolute atomic E-state index is 14.1. The Bertz CT molecular complexity index is 899. The van der Waals surface area contributed by atoms with E-state index in [9.17, 15) is 14.0 Å². The number of piperidine rings is 1. The normalized spacial score (nSPS) is 14.8. The highest BCUT2D eigenvalue weighted by Gasteiger charge is 2.21. The molecule has 9 heteroatoms.